The Morgan fingerprint density at radius 2 is 1.76 bits per heavy atom. The second kappa shape index (κ2) is 9.37. The van der Waals surface area contributed by atoms with Crippen molar-refractivity contribution in [2.24, 2.45) is 0 Å². The first kappa shape index (κ1) is 21.7. The SMILES string of the molecule is O=C(Cn1c(-c2cccc(Cl)c2Cl)nc2ccccc21)NC1CCN(c2ncccn2)CC1. The number of fused-ring (bicyclic) bond motifs is 1. The zero-order valence-electron chi connectivity index (χ0n) is 17.8. The molecule has 1 fully saturated rings. The van der Waals surface area contributed by atoms with Crippen LogP contribution in [0.5, 0.6) is 0 Å². The maximum atomic E-state index is 13.1. The molecule has 1 amide bonds. The van der Waals surface area contributed by atoms with Gasteiger partial charge in [0.25, 0.3) is 0 Å². The number of imidazole rings is 1. The molecule has 9 heteroatoms. The summed E-state index contributed by atoms with van der Waals surface area (Å²) in [6.07, 6.45) is 5.16. The lowest BCUT2D eigenvalue weighted by atomic mass is 10.1. The molecule has 0 bridgehead atoms. The second-order valence-electron chi connectivity index (χ2n) is 7.99. The van der Waals surface area contributed by atoms with E-state index in [1.165, 1.54) is 0 Å². The normalized spacial score (nSPS) is 14.5. The number of hydrogen-bond donors (Lipinski definition) is 1. The standard InChI is InChI=1S/C24H22Cl2N6O/c25-18-6-3-5-17(22(18)26)23-30-19-7-1-2-8-20(19)32(23)15-21(33)29-16-9-13-31(14-10-16)24-27-11-4-12-28-24/h1-8,11-12,16H,9-10,13-15H2,(H,29,33). The van der Waals surface area contributed by atoms with Gasteiger partial charge in [0, 0.05) is 37.1 Å². The number of para-hydroxylation sites is 2. The molecule has 3 heterocycles. The third-order valence-corrected chi connectivity index (χ3v) is 6.66. The first-order valence-corrected chi connectivity index (χ1v) is 11.6. The Morgan fingerprint density at radius 1 is 1.00 bits per heavy atom. The average Bonchev–Trinajstić information content (AvgIpc) is 3.20. The van der Waals surface area contributed by atoms with Gasteiger partial charge in [-0.25, -0.2) is 15.0 Å². The molecular weight excluding hydrogens is 459 g/mol. The molecule has 33 heavy (non-hydrogen) atoms. The average molecular weight is 481 g/mol. The fourth-order valence-electron chi connectivity index (χ4n) is 4.21. The van der Waals surface area contributed by atoms with Crippen molar-refractivity contribution < 1.29 is 4.79 Å². The summed E-state index contributed by atoms with van der Waals surface area (Å²) in [6.45, 7) is 1.74. The van der Waals surface area contributed by atoms with Crippen molar-refractivity contribution in [3.05, 3.63) is 71.0 Å². The number of aromatic nitrogens is 4. The highest BCUT2D eigenvalue weighted by molar-refractivity contribution is 6.43. The lowest BCUT2D eigenvalue weighted by Gasteiger charge is -2.32. The van der Waals surface area contributed by atoms with E-state index in [-0.39, 0.29) is 18.5 Å². The van der Waals surface area contributed by atoms with Gasteiger partial charge >= 0.3 is 0 Å². The monoisotopic (exact) mass is 480 g/mol. The number of nitrogens with zero attached hydrogens (tertiary/aromatic N) is 5. The minimum absolute atomic E-state index is 0.0630. The van der Waals surface area contributed by atoms with Crippen LogP contribution >= 0.6 is 23.2 Å². The highest BCUT2D eigenvalue weighted by atomic mass is 35.5. The number of carbonyl (C=O) groups is 1. The first-order chi connectivity index (χ1) is 16.1. The van der Waals surface area contributed by atoms with Crippen molar-refractivity contribution in [3.63, 3.8) is 0 Å². The first-order valence-electron chi connectivity index (χ1n) is 10.8. The molecule has 1 aliphatic rings. The number of piperidine rings is 1. The number of nitrogens with one attached hydrogen (secondary N) is 1. The molecule has 0 saturated carbocycles. The van der Waals surface area contributed by atoms with Gasteiger partial charge in [-0.1, -0.05) is 41.4 Å². The largest absolute Gasteiger partial charge is 0.352 e. The van der Waals surface area contributed by atoms with Gasteiger partial charge < -0.3 is 14.8 Å². The molecule has 168 valence electrons. The predicted molar refractivity (Wildman–Crippen MR) is 131 cm³/mol. The van der Waals surface area contributed by atoms with Gasteiger partial charge in [0.1, 0.15) is 12.4 Å². The van der Waals surface area contributed by atoms with E-state index in [0.717, 1.165) is 42.9 Å². The van der Waals surface area contributed by atoms with Crippen LogP contribution in [0.4, 0.5) is 5.95 Å². The Kier molecular flexibility index (Phi) is 6.15. The van der Waals surface area contributed by atoms with E-state index in [1.807, 2.05) is 41.0 Å². The van der Waals surface area contributed by atoms with E-state index in [1.54, 1.807) is 24.5 Å². The van der Waals surface area contributed by atoms with Crippen LogP contribution in [0.3, 0.4) is 0 Å². The van der Waals surface area contributed by atoms with Crippen LogP contribution in [0, 0.1) is 0 Å². The minimum Gasteiger partial charge on any atom is -0.352 e. The summed E-state index contributed by atoms with van der Waals surface area (Å²) >= 11 is 12.7. The maximum Gasteiger partial charge on any atom is 0.240 e. The van der Waals surface area contributed by atoms with Gasteiger partial charge in [0.2, 0.25) is 11.9 Å². The van der Waals surface area contributed by atoms with E-state index in [9.17, 15) is 4.79 Å². The Morgan fingerprint density at radius 3 is 2.55 bits per heavy atom. The Hall–Kier alpha value is -3.16. The Labute approximate surface area is 201 Å². The third-order valence-electron chi connectivity index (χ3n) is 5.84. The van der Waals surface area contributed by atoms with Crippen molar-refractivity contribution in [1.29, 1.82) is 0 Å². The summed E-state index contributed by atoms with van der Waals surface area (Å²) in [7, 11) is 0. The number of carbonyl (C=O) groups excluding carboxylic acids is 1. The van der Waals surface area contributed by atoms with Crippen molar-refractivity contribution >= 4 is 46.1 Å². The van der Waals surface area contributed by atoms with Gasteiger partial charge in [-0.05, 0) is 43.2 Å². The fourth-order valence-corrected chi connectivity index (χ4v) is 4.60. The quantitative estimate of drug-likeness (QED) is 0.452. The maximum absolute atomic E-state index is 13.1. The van der Waals surface area contributed by atoms with Crippen molar-refractivity contribution in [1.82, 2.24) is 24.8 Å². The number of rotatable bonds is 5. The number of amides is 1. The number of benzene rings is 2. The van der Waals surface area contributed by atoms with Gasteiger partial charge in [-0.2, -0.15) is 0 Å². The number of anilines is 1. The van der Waals surface area contributed by atoms with E-state index in [4.69, 9.17) is 28.2 Å². The number of hydrogen-bond acceptors (Lipinski definition) is 5. The van der Waals surface area contributed by atoms with Crippen LogP contribution in [-0.4, -0.2) is 44.6 Å². The summed E-state index contributed by atoms with van der Waals surface area (Å²) in [4.78, 5) is 28.6. The second-order valence-corrected chi connectivity index (χ2v) is 8.77. The molecule has 2 aromatic carbocycles. The zero-order valence-corrected chi connectivity index (χ0v) is 19.3. The van der Waals surface area contributed by atoms with Gasteiger partial charge in [-0.3, -0.25) is 4.79 Å². The van der Waals surface area contributed by atoms with E-state index >= 15 is 0 Å². The highest BCUT2D eigenvalue weighted by Gasteiger charge is 2.23. The molecule has 1 aliphatic heterocycles. The lowest BCUT2D eigenvalue weighted by Crippen LogP contribution is -2.46. The van der Waals surface area contributed by atoms with Gasteiger partial charge in [-0.15, -0.1) is 0 Å². The lowest BCUT2D eigenvalue weighted by molar-refractivity contribution is -0.122. The molecule has 0 atom stereocenters. The number of halogens is 2. The van der Waals surface area contributed by atoms with Crippen LogP contribution in [0.25, 0.3) is 22.4 Å². The zero-order chi connectivity index (χ0) is 22.8. The molecule has 5 rings (SSSR count). The summed E-state index contributed by atoms with van der Waals surface area (Å²) in [5, 5.41) is 4.06. The molecule has 7 nitrogen and oxygen atoms in total. The van der Waals surface area contributed by atoms with E-state index < -0.39 is 0 Å². The fraction of sp³-hybridized carbons (Fsp3) is 0.250. The van der Waals surface area contributed by atoms with Gasteiger partial charge in [0.05, 0.1) is 21.1 Å². The molecule has 1 N–H and O–H groups in total. The predicted octanol–water partition coefficient (Wildman–Crippen LogP) is 4.59. The topological polar surface area (TPSA) is 75.9 Å². The van der Waals surface area contributed by atoms with E-state index in [2.05, 4.69) is 20.2 Å². The molecule has 0 aliphatic carbocycles. The third kappa shape index (κ3) is 4.51. The summed E-state index contributed by atoms with van der Waals surface area (Å²) in [5.74, 6) is 1.29. The molecular formula is C24H22Cl2N6O. The summed E-state index contributed by atoms with van der Waals surface area (Å²) in [6, 6.07) is 15.1. The van der Waals surface area contributed by atoms with Crippen molar-refractivity contribution in [2.45, 2.75) is 25.4 Å². The molecule has 0 spiro atoms. The van der Waals surface area contributed by atoms with Crippen LogP contribution in [-0.2, 0) is 11.3 Å². The summed E-state index contributed by atoms with van der Waals surface area (Å²) < 4.78 is 1.90. The van der Waals surface area contributed by atoms with Crippen LogP contribution < -0.4 is 10.2 Å². The van der Waals surface area contributed by atoms with Crippen LogP contribution in [0.15, 0.2) is 60.9 Å². The smallest absolute Gasteiger partial charge is 0.240 e. The molecule has 0 radical (unpaired) electrons. The molecule has 0 unspecified atom stereocenters. The molecule has 2 aromatic heterocycles. The Bertz CT molecular complexity index is 1280. The van der Waals surface area contributed by atoms with Crippen molar-refractivity contribution in [2.75, 3.05) is 18.0 Å². The molecule has 4 aromatic rings. The molecule has 1 saturated heterocycles. The summed E-state index contributed by atoms with van der Waals surface area (Å²) in [5.41, 5.74) is 2.37. The van der Waals surface area contributed by atoms with Crippen molar-refractivity contribution in [3.8, 4) is 11.4 Å². The van der Waals surface area contributed by atoms with E-state index in [0.29, 0.717) is 21.4 Å². The highest BCUT2D eigenvalue weighted by Crippen LogP contribution is 2.34. The van der Waals surface area contributed by atoms with Gasteiger partial charge in [0.15, 0.2) is 0 Å². The Balaban J connectivity index is 1.33. The minimum atomic E-state index is -0.0630. The van der Waals surface area contributed by atoms with Crippen LogP contribution in [0.1, 0.15) is 12.8 Å². The van der Waals surface area contributed by atoms with Crippen LogP contribution in [0.2, 0.25) is 10.0 Å².